The molecular weight excluding hydrogens is 442 g/mol. The maximum atomic E-state index is 13.0. The lowest BCUT2D eigenvalue weighted by Gasteiger charge is -2.19. The maximum absolute atomic E-state index is 13.0. The molecular formula is C24H19N3O5S. The van der Waals surface area contributed by atoms with Gasteiger partial charge in [-0.25, -0.2) is 14.8 Å². The predicted octanol–water partition coefficient (Wildman–Crippen LogP) is 4.84. The van der Waals surface area contributed by atoms with E-state index >= 15 is 0 Å². The van der Waals surface area contributed by atoms with Crippen LogP contribution in [0.2, 0.25) is 0 Å². The number of carbonyl (C=O) groups excluding carboxylic acids is 2. The summed E-state index contributed by atoms with van der Waals surface area (Å²) in [7, 11) is 0. The second-order valence-corrected chi connectivity index (χ2v) is 8.37. The molecule has 5 rings (SSSR count). The van der Waals surface area contributed by atoms with E-state index in [9.17, 15) is 9.59 Å². The molecule has 0 saturated heterocycles. The zero-order chi connectivity index (χ0) is 22.8. The maximum Gasteiger partial charge on any atom is 0.350 e. The number of benzene rings is 1. The summed E-state index contributed by atoms with van der Waals surface area (Å²) in [6, 6.07) is 16.2. The molecule has 4 heterocycles. The first-order chi connectivity index (χ1) is 16.1. The van der Waals surface area contributed by atoms with E-state index < -0.39 is 24.5 Å². The van der Waals surface area contributed by atoms with Gasteiger partial charge in [-0.2, -0.15) is 5.10 Å². The van der Waals surface area contributed by atoms with E-state index in [1.165, 1.54) is 16.3 Å². The fraction of sp³-hybridized carbons (Fsp3) is 0.167. The average Bonchev–Trinajstić information content (AvgIpc) is 3.63. The third-order valence-electron chi connectivity index (χ3n) is 5.17. The third kappa shape index (κ3) is 4.22. The van der Waals surface area contributed by atoms with Gasteiger partial charge in [0, 0.05) is 12.0 Å². The molecule has 166 valence electrons. The lowest BCUT2D eigenvalue weighted by Crippen LogP contribution is -2.31. The van der Waals surface area contributed by atoms with Gasteiger partial charge in [0.05, 0.1) is 18.2 Å². The molecule has 1 aliphatic rings. The van der Waals surface area contributed by atoms with Crippen molar-refractivity contribution in [3.8, 4) is 10.6 Å². The number of hydrogen-bond acceptors (Lipinski definition) is 8. The fourth-order valence-corrected chi connectivity index (χ4v) is 4.55. The fourth-order valence-electron chi connectivity index (χ4n) is 3.58. The number of amides is 1. The first-order valence-corrected chi connectivity index (χ1v) is 11.1. The van der Waals surface area contributed by atoms with Gasteiger partial charge in [0.15, 0.2) is 6.61 Å². The average molecular weight is 461 g/mol. The zero-order valence-electron chi connectivity index (χ0n) is 17.6. The van der Waals surface area contributed by atoms with Crippen LogP contribution >= 0.6 is 11.3 Å². The predicted molar refractivity (Wildman–Crippen MR) is 121 cm³/mol. The molecule has 0 aliphatic carbocycles. The summed E-state index contributed by atoms with van der Waals surface area (Å²) in [5, 5.41) is 6.44. The molecule has 0 radical (unpaired) electrons. The highest BCUT2D eigenvalue weighted by molar-refractivity contribution is 7.17. The van der Waals surface area contributed by atoms with Crippen molar-refractivity contribution in [2.75, 3.05) is 6.61 Å². The van der Waals surface area contributed by atoms with Crippen molar-refractivity contribution >= 4 is 28.9 Å². The molecule has 1 atom stereocenters. The number of hydrogen-bond donors (Lipinski definition) is 0. The Bertz CT molecular complexity index is 1290. The molecule has 33 heavy (non-hydrogen) atoms. The van der Waals surface area contributed by atoms with Crippen molar-refractivity contribution in [3.63, 3.8) is 0 Å². The van der Waals surface area contributed by atoms with E-state index in [4.69, 9.17) is 13.6 Å². The van der Waals surface area contributed by atoms with E-state index in [0.717, 1.165) is 10.6 Å². The van der Waals surface area contributed by atoms with Gasteiger partial charge < -0.3 is 13.6 Å². The van der Waals surface area contributed by atoms with Crippen molar-refractivity contribution in [1.29, 1.82) is 0 Å². The summed E-state index contributed by atoms with van der Waals surface area (Å²) in [5.74, 6) is 0.111. The Hall–Kier alpha value is -3.98. The second kappa shape index (κ2) is 8.87. The van der Waals surface area contributed by atoms with Crippen molar-refractivity contribution in [2.24, 2.45) is 5.10 Å². The van der Waals surface area contributed by atoms with Crippen LogP contribution in [-0.2, 0) is 9.53 Å². The minimum absolute atomic E-state index is 0.366. The smallest absolute Gasteiger partial charge is 0.350 e. The number of furan rings is 2. The Morgan fingerprint density at radius 3 is 2.61 bits per heavy atom. The van der Waals surface area contributed by atoms with Crippen LogP contribution in [0.4, 0.5) is 0 Å². The van der Waals surface area contributed by atoms with Crippen LogP contribution in [0.15, 0.2) is 81.1 Å². The molecule has 0 bridgehead atoms. The Morgan fingerprint density at radius 2 is 1.88 bits per heavy atom. The van der Waals surface area contributed by atoms with Crippen molar-refractivity contribution < 1.29 is 23.2 Å². The SMILES string of the molecule is Cc1nc(-c2ccccc2)sc1C(=O)OCC(=O)N1N=C(c2ccco2)CC1c1ccco1. The van der Waals surface area contributed by atoms with E-state index in [1.54, 1.807) is 43.7 Å². The van der Waals surface area contributed by atoms with E-state index in [1.807, 2.05) is 30.3 Å². The molecule has 9 heteroatoms. The van der Waals surface area contributed by atoms with Crippen molar-refractivity contribution in [3.05, 3.63) is 89.2 Å². The molecule has 0 fully saturated rings. The summed E-state index contributed by atoms with van der Waals surface area (Å²) in [6.07, 6.45) is 3.52. The summed E-state index contributed by atoms with van der Waals surface area (Å²) >= 11 is 1.24. The molecule has 1 aromatic carbocycles. The zero-order valence-corrected chi connectivity index (χ0v) is 18.5. The number of carbonyl (C=O) groups is 2. The normalized spacial score (nSPS) is 15.5. The van der Waals surface area contributed by atoms with Gasteiger partial charge in [-0.3, -0.25) is 4.79 Å². The summed E-state index contributed by atoms with van der Waals surface area (Å²) in [6.45, 7) is 1.29. The van der Waals surface area contributed by atoms with Crippen LogP contribution in [0.3, 0.4) is 0 Å². The molecule has 1 amide bonds. The molecule has 0 saturated carbocycles. The Morgan fingerprint density at radius 1 is 1.09 bits per heavy atom. The number of esters is 1. The van der Waals surface area contributed by atoms with Gasteiger partial charge in [0.2, 0.25) is 0 Å². The standard InChI is InChI=1S/C24H19N3O5S/c1-15-22(33-23(25-15)16-7-3-2-4-8-16)24(29)32-14-21(28)27-18(20-10-6-12-31-20)13-17(26-27)19-9-5-11-30-19/h2-12,18H,13-14H2,1H3. The quantitative estimate of drug-likeness (QED) is 0.381. The van der Waals surface area contributed by atoms with Gasteiger partial charge in [-0.1, -0.05) is 30.3 Å². The minimum atomic E-state index is -0.593. The van der Waals surface area contributed by atoms with Gasteiger partial charge in [-0.15, -0.1) is 11.3 Å². The van der Waals surface area contributed by atoms with Gasteiger partial charge in [0.25, 0.3) is 5.91 Å². The van der Waals surface area contributed by atoms with Crippen molar-refractivity contribution in [2.45, 2.75) is 19.4 Å². The van der Waals surface area contributed by atoms with E-state index in [0.29, 0.717) is 34.2 Å². The molecule has 8 nitrogen and oxygen atoms in total. The van der Waals surface area contributed by atoms with Crippen LogP contribution in [-0.4, -0.2) is 34.2 Å². The summed E-state index contributed by atoms with van der Waals surface area (Å²) in [5.41, 5.74) is 2.09. The van der Waals surface area contributed by atoms with E-state index in [-0.39, 0.29) is 0 Å². The van der Waals surface area contributed by atoms with E-state index in [2.05, 4.69) is 10.1 Å². The minimum Gasteiger partial charge on any atom is -0.467 e. The lowest BCUT2D eigenvalue weighted by atomic mass is 10.1. The third-order valence-corrected chi connectivity index (χ3v) is 6.36. The summed E-state index contributed by atoms with van der Waals surface area (Å²) < 4.78 is 16.3. The molecule has 3 aromatic heterocycles. The van der Waals surface area contributed by atoms with Gasteiger partial charge in [0.1, 0.15) is 33.2 Å². The molecule has 4 aromatic rings. The highest BCUT2D eigenvalue weighted by Crippen LogP contribution is 2.33. The highest BCUT2D eigenvalue weighted by Gasteiger charge is 2.36. The largest absolute Gasteiger partial charge is 0.467 e. The molecule has 1 aliphatic heterocycles. The number of ether oxygens (including phenoxy) is 1. The molecule has 0 N–H and O–H groups in total. The first kappa shape index (κ1) is 20.9. The van der Waals surface area contributed by atoms with Crippen LogP contribution < -0.4 is 0 Å². The van der Waals surface area contributed by atoms with Crippen LogP contribution in [0, 0.1) is 6.92 Å². The number of aromatic nitrogens is 1. The lowest BCUT2D eigenvalue weighted by molar-refractivity contribution is -0.136. The number of rotatable bonds is 6. The topological polar surface area (TPSA) is 98.1 Å². The Labute approximate surface area is 193 Å². The molecule has 1 unspecified atom stereocenters. The van der Waals surface area contributed by atoms with Crippen LogP contribution in [0.25, 0.3) is 10.6 Å². The van der Waals surface area contributed by atoms with Crippen LogP contribution in [0.5, 0.6) is 0 Å². The van der Waals surface area contributed by atoms with Gasteiger partial charge in [-0.05, 0) is 31.2 Å². The van der Waals surface area contributed by atoms with Gasteiger partial charge >= 0.3 is 5.97 Å². The summed E-state index contributed by atoms with van der Waals surface area (Å²) in [4.78, 5) is 30.5. The number of aryl methyl sites for hydroxylation is 1. The Balaban J connectivity index is 1.30. The Kier molecular flexibility index (Phi) is 5.62. The van der Waals surface area contributed by atoms with Crippen LogP contribution in [0.1, 0.15) is 39.3 Å². The first-order valence-electron chi connectivity index (χ1n) is 10.3. The van der Waals surface area contributed by atoms with Crippen molar-refractivity contribution in [1.82, 2.24) is 9.99 Å². The number of hydrazone groups is 1. The molecule has 0 spiro atoms. The monoisotopic (exact) mass is 461 g/mol. The number of nitrogens with zero attached hydrogens (tertiary/aromatic N) is 3. The second-order valence-electron chi connectivity index (χ2n) is 7.37. The number of thiazole rings is 1. The highest BCUT2D eigenvalue weighted by atomic mass is 32.1.